The van der Waals surface area contributed by atoms with Gasteiger partial charge in [0.25, 0.3) is 5.91 Å². The summed E-state index contributed by atoms with van der Waals surface area (Å²) >= 11 is 1.40. The second-order valence-electron chi connectivity index (χ2n) is 8.66. The Morgan fingerprint density at radius 1 is 1.14 bits per heavy atom. The first-order chi connectivity index (χ1) is 17.1. The number of hydrogen-bond donors (Lipinski definition) is 2. The van der Waals surface area contributed by atoms with Crippen LogP contribution in [0.2, 0.25) is 0 Å². The van der Waals surface area contributed by atoms with Crippen LogP contribution in [-0.4, -0.2) is 20.7 Å². The van der Waals surface area contributed by atoms with E-state index in [0.717, 1.165) is 49.2 Å². The third kappa shape index (κ3) is 4.51. The van der Waals surface area contributed by atoms with E-state index in [9.17, 15) is 18.0 Å². The molecular formula is C26H22F3N5OS. The summed E-state index contributed by atoms with van der Waals surface area (Å²) in [6.45, 7) is 4.67. The Labute approximate surface area is 208 Å². The molecular weight excluding hydrogens is 487 g/mol. The molecule has 0 aliphatic carbocycles. The highest BCUT2D eigenvalue weighted by molar-refractivity contribution is 7.19. The zero-order valence-corrected chi connectivity index (χ0v) is 20.3. The zero-order valence-electron chi connectivity index (χ0n) is 19.5. The lowest BCUT2D eigenvalue weighted by molar-refractivity contribution is -0.137. The smallest absolute Gasteiger partial charge is 0.383 e. The molecule has 2 aromatic carbocycles. The van der Waals surface area contributed by atoms with Crippen molar-refractivity contribution in [2.75, 3.05) is 5.73 Å². The third-order valence-electron chi connectivity index (χ3n) is 6.25. The molecule has 5 aromatic rings. The Balaban J connectivity index is 1.29. The second-order valence-corrected chi connectivity index (χ2v) is 9.83. The molecule has 0 unspecified atom stereocenters. The van der Waals surface area contributed by atoms with E-state index in [1.165, 1.54) is 23.6 Å². The quantitative estimate of drug-likeness (QED) is 0.312. The number of halogens is 3. The average Bonchev–Trinajstić information content (AvgIpc) is 3.45. The Kier molecular flexibility index (Phi) is 5.91. The number of fused-ring (bicyclic) bond motifs is 2. The molecule has 3 aromatic heterocycles. The summed E-state index contributed by atoms with van der Waals surface area (Å²) in [6.07, 6.45) is 0.405. The number of alkyl halides is 3. The molecule has 3 N–H and O–H groups in total. The van der Waals surface area contributed by atoms with Crippen LogP contribution in [0.1, 0.15) is 37.5 Å². The van der Waals surface area contributed by atoms with E-state index in [1.54, 1.807) is 23.1 Å². The minimum absolute atomic E-state index is 0.263. The number of carbonyl (C=O) groups is 1. The summed E-state index contributed by atoms with van der Waals surface area (Å²) in [6, 6.07) is 9.34. The lowest BCUT2D eigenvalue weighted by atomic mass is 9.96. The zero-order chi connectivity index (χ0) is 25.6. The molecule has 0 saturated heterocycles. The number of aromatic nitrogens is 3. The Hall–Kier alpha value is -3.92. The van der Waals surface area contributed by atoms with E-state index in [2.05, 4.69) is 15.4 Å². The summed E-state index contributed by atoms with van der Waals surface area (Å²) in [4.78, 5) is 17.8. The van der Waals surface area contributed by atoms with Crippen LogP contribution in [0.25, 0.3) is 20.9 Å². The fourth-order valence-corrected chi connectivity index (χ4v) is 5.39. The van der Waals surface area contributed by atoms with Crippen molar-refractivity contribution in [3.8, 4) is 0 Å². The van der Waals surface area contributed by atoms with Crippen molar-refractivity contribution in [1.82, 2.24) is 20.1 Å². The summed E-state index contributed by atoms with van der Waals surface area (Å²) in [5.74, 6) is 0.210. The monoisotopic (exact) mass is 509 g/mol. The summed E-state index contributed by atoms with van der Waals surface area (Å²) in [5, 5.41) is 9.63. The highest BCUT2D eigenvalue weighted by Gasteiger charge is 2.30. The number of benzene rings is 2. The predicted octanol–water partition coefficient (Wildman–Crippen LogP) is 5.84. The number of nitrogens with one attached hydrogen (secondary N) is 1. The number of thiophene rings is 1. The molecule has 0 saturated carbocycles. The van der Waals surface area contributed by atoms with Gasteiger partial charge in [0.2, 0.25) is 0 Å². The van der Waals surface area contributed by atoms with E-state index < -0.39 is 11.7 Å². The summed E-state index contributed by atoms with van der Waals surface area (Å²) < 4.78 is 41.3. The van der Waals surface area contributed by atoms with Gasteiger partial charge < -0.3 is 11.1 Å². The van der Waals surface area contributed by atoms with Crippen LogP contribution in [0, 0.1) is 13.8 Å². The van der Waals surface area contributed by atoms with Crippen LogP contribution in [0.15, 0.2) is 55.0 Å². The molecule has 0 fully saturated rings. The molecule has 0 radical (unpaired) electrons. The number of hydrogen-bond acceptors (Lipinski definition) is 5. The van der Waals surface area contributed by atoms with Crippen molar-refractivity contribution in [3.05, 3.63) is 87.7 Å². The van der Waals surface area contributed by atoms with Crippen LogP contribution in [0.3, 0.4) is 0 Å². The number of nitrogens with zero attached hydrogens (tertiary/aromatic N) is 3. The van der Waals surface area contributed by atoms with E-state index >= 15 is 0 Å². The first-order valence-corrected chi connectivity index (χ1v) is 12.0. The highest BCUT2D eigenvalue weighted by Crippen LogP contribution is 2.34. The minimum Gasteiger partial charge on any atom is -0.383 e. The lowest BCUT2D eigenvalue weighted by Gasteiger charge is -2.14. The minimum atomic E-state index is -4.38. The molecule has 3 heterocycles. The maximum absolute atomic E-state index is 13.0. The molecule has 6 nitrogen and oxygen atoms in total. The molecule has 5 rings (SSSR count). The highest BCUT2D eigenvalue weighted by atomic mass is 32.1. The number of nitrogens with two attached hydrogens (primary N) is 1. The van der Waals surface area contributed by atoms with E-state index in [1.807, 2.05) is 26.0 Å². The van der Waals surface area contributed by atoms with Gasteiger partial charge in [0, 0.05) is 33.9 Å². The number of amides is 1. The van der Waals surface area contributed by atoms with Gasteiger partial charge in [-0.15, -0.1) is 11.3 Å². The predicted molar refractivity (Wildman–Crippen MR) is 135 cm³/mol. The lowest BCUT2D eigenvalue weighted by Crippen LogP contribution is -2.23. The van der Waals surface area contributed by atoms with Gasteiger partial charge in [-0.25, -0.2) is 4.98 Å². The van der Waals surface area contributed by atoms with E-state index in [0.29, 0.717) is 29.9 Å². The van der Waals surface area contributed by atoms with Crippen molar-refractivity contribution >= 4 is 43.9 Å². The molecule has 0 aliphatic heterocycles. The fraction of sp³-hybridized carbons (Fsp3) is 0.192. The van der Waals surface area contributed by atoms with Crippen molar-refractivity contribution in [2.24, 2.45) is 0 Å². The van der Waals surface area contributed by atoms with Crippen LogP contribution in [-0.2, 0) is 19.3 Å². The summed E-state index contributed by atoms with van der Waals surface area (Å²) in [5.41, 5.74) is 8.80. The number of pyridine rings is 1. The molecule has 184 valence electrons. The van der Waals surface area contributed by atoms with Crippen molar-refractivity contribution in [1.29, 1.82) is 0 Å². The SMILES string of the molecule is Cc1cc2c(N)nccc2c(C)c1CNC(=O)c1cnn(Cc2cc3cc(C(F)(F)F)ccc3s2)c1. The summed E-state index contributed by atoms with van der Waals surface area (Å²) in [7, 11) is 0. The number of carbonyl (C=O) groups excluding carboxylic acids is 1. The molecule has 10 heteroatoms. The van der Waals surface area contributed by atoms with Crippen LogP contribution < -0.4 is 11.1 Å². The standard InChI is InChI=1S/C26H22F3N5OS/c1-14-7-21-20(5-6-31-24(21)30)15(2)22(14)11-32-25(35)17-10-33-34(12-17)13-19-9-16-8-18(26(27,28)29)3-4-23(16)36-19/h3-10,12H,11,13H2,1-2H3,(H2,30,31)(H,32,35). The first-order valence-electron chi connectivity index (χ1n) is 11.1. The average molecular weight is 510 g/mol. The molecule has 0 spiro atoms. The molecule has 36 heavy (non-hydrogen) atoms. The number of nitrogen functional groups attached to an aromatic ring is 1. The van der Waals surface area contributed by atoms with Crippen molar-refractivity contribution < 1.29 is 18.0 Å². The van der Waals surface area contributed by atoms with Gasteiger partial charge in [0.15, 0.2) is 0 Å². The maximum Gasteiger partial charge on any atom is 0.416 e. The third-order valence-corrected chi connectivity index (χ3v) is 7.35. The van der Waals surface area contributed by atoms with Crippen LogP contribution >= 0.6 is 11.3 Å². The van der Waals surface area contributed by atoms with E-state index in [4.69, 9.17) is 5.73 Å². The number of rotatable bonds is 5. The molecule has 1 amide bonds. The topological polar surface area (TPSA) is 85.8 Å². The molecule has 0 atom stereocenters. The van der Waals surface area contributed by atoms with Gasteiger partial charge in [0.1, 0.15) is 5.82 Å². The van der Waals surface area contributed by atoms with Gasteiger partial charge in [-0.05, 0) is 77.7 Å². The van der Waals surface area contributed by atoms with Gasteiger partial charge in [-0.1, -0.05) is 0 Å². The molecule has 0 bridgehead atoms. The van der Waals surface area contributed by atoms with Crippen LogP contribution in [0.5, 0.6) is 0 Å². The normalized spacial score (nSPS) is 11.9. The Morgan fingerprint density at radius 2 is 1.94 bits per heavy atom. The largest absolute Gasteiger partial charge is 0.416 e. The first kappa shape index (κ1) is 23.8. The van der Waals surface area contributed by atoms with E-state index in [-0.39, 0.29) is 5.91 Å². The van der Waals surface area contributed by atoms with Gasteiger partial charge in [-0.3, -0.25) is 9.48 Å². The van der Waals surface area contributed by atoms with Crippen molar-refractivity contribution in [2.45, 2.75) is 33.1 Å². The van der Waals surface area contributed by atoms with Gasteiger partial charge in [-0.2, -0.15) is 18.3 Å². The van der Waals surface area contributed by atoms with Crippen molar-refractivity contribution in [3.63, 3.8) is 0 Å². The number of anilines is 1. The van der Waals surface area contributed by atoms with Gasteiger partial charge >= 0.3 is 6.18 Å². The maximum atomic E-state index is 13.0. The Morgan fingerprint density at radius 3 is 2.72 bits per heavy atom. The van der Waals surface area contributed by atoms with Gasteiger partial charge in [0.05, 0.1) is 23.9 Å². The molecule has 0 aliphatic rings. The fourth-order valence-electron chi connectivity index (χ4n) is 4.35. The Bertz CT molecular complexity index is 1620. The second kappa shape index (κ2) is 8.94. The van der Waals surface area contributed by atoms with Crippen LogP contribution in [0.4, 0.5) is 19.0 Å². The number of aryl methyl sites for hydroxylation is 2.